The monoisotopic (exact) mass is 330 g/mol. The van der Waals surface area contributed by atoms with Gasteiger partial charge in [0.25, 0.3) is 0 Å². The van der Waals surface area contributed by atoms with Gasteiger partial charge in [0.2, 0.25) is 5.91 Å². The predicted octanol–water partition coefficient (Wildman–Crippen LogP) is 1.59. The molecule has 1 aliphatic rings. The Hall–Kier alpha value is -2.67. The van der Waals surface area contributed by atoms with Gasteiger partial charge in [-0.1, -0.05) is 35.5 Å². The molecule has 24 heavy (non-hydrogen) atoms. The van der Waals surface area contributed by atoms with Crippen LogP contribution in [0.15, 0.2) is 40.9 Å². The molecule has 7 nitrogen and oxygen atoms in total. The number of amides is 1. The van der Waals surface area contributed by atoms with Gasteiger partial charge in [0.15, 0.2) is 5.76 Å². The van der Waals surface area contributed by atoms with Crippen LogP contribution in [-0.2, 0) is 20.7 Å². The fourth-order valence-corrected chi connectivity index (χ4v) is 2.66. The summed E-state index contributed by atoms with van der Waals surface area (Å²) in [4.78, 5) is 24.8. The normalized spacial score (nSPS) is 17.7. The van der Waals surface area contributed by atoms with Crippen molar-refractivity contribution in [2.24, 2.45) is 0 Å². The molecular formula is C17H18N2O5. The summed E-state index contributed by atoms with van der Waals surface area (Å²) in [7, 11) is 0. The van der Waals surface area contributed by atoms with Gasteiger partial charge in [0, 0.05) is 24.7 Å². The van der Waals surface area contributed by atoms with Crippen LogP contribution >= 0.6 is 0 Å². The molecule has 1 fully saturated rings. The van der Waals surface area contributed by atoms with E-state index in [1.54, 1.807) is 11.0 Å². The first-order chi connectivity index (χ1) is 11.6. The van der Waals surface area contributed by atoms with Crippen molar-refractivity contribution in [2.75, 3.05) is 19.7 Å². The number of carboxylic acids is 1. The zero-order valence-corrected chi connectivity index (χ0v) is 13.1. The van der Waals surface area contributed by atoms with Crippen LogP contribution in [0, 0.1) is 0 Å². The Morgan fingerprint density at radius 1 is 1.29 bits per heavy atom. The van der Waals surface area contributed by atoms with E-state index in [9.17, 15) is 9.59 Å². The number of ether oxygens (including phenoxy) is 1. The van der Waals surface area contributed by atoms with Gasteiger partial charge in [-0.25, -0.2) is 0 Å². The Bertz CT molecular complexity index is 713. The second-order valence-electron chi connectivity index (χ2n) is 5.66. The zero-order chi connectivity index (χ0) is 16.9. The Morgan fingerprint density at radius 3 is 2.83 bits per heavy atom. The van der Waals surface area contributed by atoms with Crippen molar-refractivity contribution in [1.82, 2.24) is 10.1 Å². The van der Waals surface area contributed by atoms with E-state index in [1.165, 1.54) is 0 Å². The maximum absolute atomic E-state index is 12.4. The predicted molar refractivity (Wildman–Crippen MR) is 84.2 cm³/mol. The summed E-state index contributed by atoms with van der Waals surface area (Å²) in [5, 5.41) is 12.8. The highest BCUT2D eigenvalue weighted by Gasteiger charge is 2.26. The van der Waals surface area contributed by atoms with Crippen molar-refractivity contribution in [1.29, 1.82) is 0 Å². The summed E-state index contributed by atoms with van der Waals surface area (Å²) in [5.41, 5.74) is 1.46. The van der Waals surface area contributed by atoms with Crippen molar-refractivity contribution < 1.29 is 24.0 Å². The molecule has 1 atom stereocenters. The molecular weight excluding hydrogens is 312 g/mol. The number of benzene rings is 1. The maximum atomic E-state index is 12.4. The molecule has 1 aromatic heterocycles. The second kappa shape index (κ2) is 7.27. The lowest BCUT2D eigenvalue weighted by Gasteiger charge is -2.32. The second-order valence-corrected chi connectivity index (χ2v) is 5.66. The summed E-state index contributed by atoms with van der Waals surface area (Å²) in [6.45, 7) is 1.09. The summed E-state index contributed by atoms with van der Waals surface area (Å²) in [5.74, 6) is -0.427. The molecule has 0 saturated carbocycles. The minimum absolute atomic E-state index is 0.105. The van der Waals surface area contributed by atoms with E-state index in [0.29, 0.717) is 24.6 Å². The van der Waals surface area contributed by atoms with Crippen LogP contribution < -0.4 is 0 Å². The van der Waals surface area contributed by atoms with Crippen molar-refractivity contribution >= 4 is 11.9 Å². The van der Waals surface area contributed by atoms with Gasteiger partial charge in [-0.3, -0.25) is 9.59 Å². The summed E-state index contributed by atoms with van der Waals surface area (Å²) < 4.78 is 10.7. The van der Waals surface area contributed by atoms with Crippen LogP contribution in [0.4, 0.5) is 0 Å². The molecule has 1 amide bonds. The third-order valence-electron chi connectivity index (χ3n) is 3.84. The van der Waals surface area contributed by atoms with E-state index < -0.39 is 12.1 Å². The first-order valence-electron chi connectivity index (χ1n) is 7.74. The van der Waals surface area contributed by atoms with Crippen molar-refractivity contribution in [3.63, 3.8) is 0 Å². The highest BCUT2D eigenvalue weighted by Crippen LogP contribution is 2.20. The number of carbonyl (C=O) groups excluding carboxylic acids is 1. The van der Waals surface area contributed by atoms with Crippen LogP contribution in [0.1, 0.15) is 12.1 Å². The molecule has 3 rings (SSSR count). The lowest BCUT2D eigenvalue weighted by atomic mass is 10.1. The number of hydrogen-bond donors (Lipinski definition) is 1. The SMILES string of the molecule is O=C(O)C[C@H]1CN(C(=O)Cc2cc(-c3ccccc3)on2)CCO1. The summed E-state index contributed by atoms with van der Waals surface area (Å²) >= 11 is 0. The van der Waals surface area contributed by atoms with E-state index in [0.717, 1.165) is 5.56 Å². The van der Waals surface area contributed by atoms with Crippen molar-refractivity contribution in [3.8, 4) is 11.3 Å². The smallest absolute Gasteiger partial charge is 0.306 e. The zero-order valence-electron chi connectivity index (χ0n) is 13.1. The molecule has 2 heterocycles. The van der Waals surface area contributed by atoms with Crippen LogP contribution in [-0.4, -0.2) is 52.8 Å². The van der Waals surface area contributed by atoms with Gasteiger partial charge >= 0.3 is 5.97 Å². The topological polar surface area (TPSA) is 92.9 Å². The van der Waals surface area contributed by atoms with E-state index in [-0.39, 0.29) is 25.3 Å². The highest BCUT2D eigenvalue weighted by molar-refractivity contribution is 5.79. The van der Waals surface area contributed by atoms with E-state index in [2.05, 4.69) is 5.16 Å². The minimum Gasteiger partial charge on any atom is -0.481 e. The molecule has 0 spiro atoms. The lowest BCUT2D eigenvalue weighted by molar-refractivity contribution is -0.147. The molecule has 0 radical (unpaired) electrons. The quantitative estimate of drug-likeness (QED) is 0.895. The third kappa shape index (κ3) is 3.99. The maximum Gasteiger partial charge on any atom is 0.306 e. The number of aromatic nitrogens is 1. The molecule has 1 aromatic carbocycles. The van der Waals surface area contributed by atoms with Gasteiger partial charge in [-0.2, -0.15) is 0 Å². The van der Waals surface area contributed by atoms with E-state index >= 15 is 0 Å². The van der Waals surface area contributed by atoms with Gasteiger partial charge in [-0.15, -0.1) is 0 Å². The Morgan fingerprint density at radius 2 is 2.08 bits per heavy atom. The number of aliphatic carboxylic acids is 1. The molecule has 126 valence electrons. The average molecular weight is 330 g/mol. The molecule has 1 saturated heterocycles. The minimum atomic E-state index is -0.932. The standard InChI is InChI=1S/C17H18N2O5/c20-16(19-6-7-23-14(11-19)10-17(21)22)9-13-8-15(24-18-13)12-4-2-1-3-5-12/h1-5,8,14H,6-7,9-11H2,(H,21,22)/t14-/m0/s1. The number of morpholine rings is 1. The largest absolute Gasteiger partial charge is 0.481 e. The molecule has 0 aliphatic carbocycles. The van der Waals surface area contributed by atoms with Gasteiger partial charge < -0.3 is 19.3 Å². The van der Waals surface area contributed by atoms with Gasteiger partial charge in [0.05, 0.1) is 31.2 Å². The number of nitrogens with zero attached hydrogens (tertiary/aromatic N) is 2. The summed E-state index contributed by atoms with van der Waals surface area (Å²) in [6, 6.07) is 11.3. The molecule has 0 unspecified atom stereocenters. The third-order valence-corrected chi connectivity index (χ3v) is 3.84. The fourth-order valence-electron chi connectivity index (χ4n) is 2.66. The Balaban J connectivity index is 1.61. The average Bonchev–Trinajstić information content (AvgIpc) is 3.04. The van der Waals surface area contributed by atoms with Crippen LogP contribution in [0.3, 0.4) is 0 Å². The van der Waals surface area contributed by atoms with Crippen LogP contribution in [0.25, 0.3) is 11.3 Å². The van der Waals surface area contributed by atoms with Crippen molar-refractivity contribution in [2.45, 2.75) is 18.9 Å². The van der Waals surface area contributed by atoms with E-state index in [4.69, 9.17) is 14.4 Å². The number of carbonyl (C=O) groups is 2. The van der Waals surface area contributed by atoms with Crippen LogP contribution in [0.5, 0.6) is 0 Å². The fraction of sp³-hybridized carbons (Fsp3) is 0.353. The Labute approximate surface area is 138 Å². The van der Waals surface area contributed by atoms with Crippen molar-refractivity contribution in [3.05, 3.63) is 42.1 Å². The van der Waals surface area contributed by atoms with Gasteiger partial charge in [0.1, 0.15) is 0 Å². The molecule has 1 aliphatic heterocycles. The Kier molecular flexibility index (Phi) is 4.90. The first-order valence-corrected chi connectivity index (χ1v) is 7.74. The number of hydrogen-bond acceptors (Lipinski definition) is 5. The molecule has 1 N–H and O–H groups in total. The lowest BCUT2D eigenvalue weighted by Crippen LogP contribution is -2.46. The molecule has 7 heteroatoms. The number of carboxylic acid groups (broad SMARTS) is 1. The first kappa shape index (κ1) is 16.2. The van der Waals surface area contributed by atoms with E-state index in [1.807, 2.05) is 30.3 Å². The number of rotatable bonds is 5. The molecule has 0 bridgehead atoms. The highest BCUT2D eigenvalue weighted by atomic mass is 16.5. The molecule has 2 aromatic rings. The summed E-state index contributed by atoms with van der Waals surface area (Å²) in [6.07, 6.45) is -0.445. The van der Waals surface area contributed by atoms with Crippen LogP contribution in [0.2, 0.25) is 0 Å². The van der Waals surface area contributed by atoms with Gasteiger partial charge in [-0.05, 0) is 0 Å².